The van der Waals surface area contributed by atoms with Crippen LogP contribution in [0.3, 0.4) is 0 Å². The van der Waals surface area contributed by atoms with Gasteiger partial charge in [-0.3, -0.25) is 9.69 Å². The summed E-state index contributed by atoms with van der Waals surface area (Å²) in [5, 5.41) is 19.7. The minimum Gasteiger partial charge on any atom is -0.504 e. The SMILES string of the molecule is CC1CN(CC(=O)c2ccc(O)c(O)c2)CC(C)S1. The Morgan fingerprint density at radius 3 is 2.47 bits per heavy atom. The Morgan fingerprint density at radius 1 is 1.26 bits per heavy atom. The first-order valence-electron chi connectivity index (χ1n) is 6.38. The number of carbonyl (C=O) groups excluding carboxylic acids is 1. The van der Waals surface area contributed by atoms with Crippen LogP contribution in [0.15, 0.2) is 18.2 Å². The Bertz CT molecular complexity index is 468. The molecule has 1 fully saturated rings. The van der Waals surface area contributed by atoms with Crippen LogP contribution < -0.4 is 0 Å². The molecule has 0 radical (unpaired) electrons. The van der Waals surface area contributed by atoms with Gasteiger partial charge < -0.3 is 10.2 Å². The summed E-state index contributed by atoms with van der Waals surface area (Å²) in [5.41, 5.74) is 0.439. The first-order valence-corrected chi connectivity index (χ1v) is 7.33. The molecule has 1 aliphatic heterocycles. The number of benzene rings is 1. The zero-order valence-electron chi connectivity index (χ0n) is 11.2. The van der Waals surface area contributed by atoms with Crippen LogP contribution >= 0.6 is 11.8 Å². The summed E-state index contributed by atoms with van der Waals surface area (Å²) in [5.74, 6) is -0.475. The predicted octanol–water partition coefficient (Wildman–Crippen LogP) is 2.11. The third-order valence-electron chi connectivity index (χ3n) is 3.16. The fraction of sp³-hybridized carbons (Fsp3) is 0.500. The van der Waals surface area contributed by atoms with Crippen LogP contribution in [0.2, 0.25) is 0 Å². The van der Waals surface area contributed by atoms with Crippen LogP contribution in [-0.4, -0.2) is 51.0 Å². The second-order valence-electron chi connectivity index (χ2n) is 5.08. The lowest BCUT2D eigenvalue weighted by Crippen LogP contribution is -2.42. The van der Waals surface area contributed by atoms with E-state index in [9.17, 15) is 15.0 Å². The van der Waals surface area contributed by atoms with E-state index in [2.05, 4.69) is 18.7 Å². The van der Waals surface area contributed by atoms with Gasteiger partial charge in [-0.05, 0) is 18.2 Å². The number of phenols is 2. The number of nitrogens with zero attached hydrogens (tertiary/aromatic N) is 1. The summed E-state index contributed by atoms with van der Waals surface area (Å²) in [6.07, 6.45) is 0. The average molecular weight is 281 g/mol. The third kappa shape index (κ3) is 3.64. The minimum absolute atomic E-state index is 0.0263. The number of phenolic OH excluding ortho intramolecular Hbond substituents is 2. The lowest BCUT2D eigenvalue weighted by Gasteiger charge is -2.34. The number of ketones is 1. The molecule has 19 heavy (non-hydrogen) atoms. The number of thioether (sulfide) groups is 1. The molecular formula is C14H19NO3S. The molecule has 0 aliphatic carbocycles. The summed E-state index contributed by atoms with van der Waals surface area (Å²) < 4.78 is 0. The predicted molar refractivity (Wildman–Crippen MR) is 77.1 cm³/mol. The maximum Gasteiger partial charge on any atom is 0.176 e. The Hall–Kier alpha value is -1.20. The topological polar surface area (TPSA) is 60.8 Å². The number of aromatic hydroxyl groups is 2. The van der Waals surface area contributed by atoms with Crippen LogP contribution in [-0.2, 0) is 0 Å². The van der Waals surface area contributed by atoms with Crippen molar-refractivity contribution >= 4 is 17.5 Å². The molecule has 0 spiro atoms. The molecule has 5 heteroatoms. The average Bonchev–Trinajstić information content (AvgIpc) is 2.31. The van der Waals surface area contributed by atoms with Crippen molar-refractivity contribution in [1.82, 2.24) is 4.90 Å². The molecule has 104 valence electrons. The third-order valence-corrected chi connectivity index (χ3v) is 4.39. The molecule has 0 saturated carbocycles. The van der Waals surface area contributed by atoms with Crippen LogP contribution in [0.5, 0.6) is 11.5 Å². The molecule has 0 bridgehead atoms. The van der Waals surface area contributed by atoms with E-state index in [0.29, 0.717) is 22.6 Å². The summed E-state index contributed by atoms with van der Waals surface area (Å²) in [4.78, 5) is 14.3. The van der Waals surface area contributed by atoms with Gasteiger partial charge in [0.05, 0.1) is 6.54 Å². The van der Waals surface area contributed by atoms with Gasteiger partial charge in [0, 0.05) is 29.2 Å². The van der Waals surface area contributed by atoms with Crippen molar-refractivity contribution in [2.24, 2.45) is 0 Å². The van der Waals surface area contributed by atoms with Gasteiger partial charge in [-0.15, -0.1) is 0 Å². The second-order valence-corrected chi connectivity index (χ2v) is 6.96. The van der Waals surface area contributed by atoms with Crippen LogP contribution in [0.1, 0.15) is 24.2 Å². The monoisotopic (exact) mass is 281 g/mol. The van der Waals surface area contributed by atoms with Crippen molar-refractivity contribution in [2.75, 3.05) is 19.6 Å². The molecule has 1 heterocycles. The number of Topliss-reactive ketones (excluding diaryl/α,β-unsaturated/α-hetero) is 1. The van der Waals surface area contributed by atoms with Gasteiger partial charge in [0.25, 0.3) is 0 Å². The molecule has 2 N–H and O–H groups in total. The zero-order chi connectivity index (χ0) is 14.0. The molecular weight excluding hydrogens is 262 g/mol. The summed E-state index contributed by atoms with van der Waals surface area (Å²) in [7, 11) is 0. The molecule has 4 nitrogen and oxygen atoms in total. The second kappa shape index (κ2) is 5.84. The standard InChI is InChI=1S/C14H19NO3S/c1-9-6-15(7-10(2)19-9)8-14(18)11-3-4-12(16)13(17)5-11/h3-5,9-10,16-17H,6-8H2,1-2H3. The highest BCUT2D eigenvalue weighted by molar-refractivity contribution is 8.00. The summed E-state index contributed by atoms with van der Waals surface area (Å²) in [6.45, 7) is 6.52. The molecule has 1 aromatic carbocycles. The molecule has 1 saturated heterocycles. The van der Waals surface area contributed by atoms with Crippen LogP contribution in [0, 0.1) is 0 Å². The molecule has 2 atom stereocenters. The first kappa shape index (κ1) is 14.2. The molecule has 2 unspecified atom stereocenters. The highest BCUT2D eigenvalue weighted by Gasteiger charge is 2.24. The van der Waals surface area contributed by atoms with E-state index < -0.39 is 0 Å². The van der Waals surface area contributed by atoms with E-state index in [0.717, 1.165) is 13.1 Å². The van der Waals surface area contributed by atoms with Crippen LogP contribution in [0.25, 0.3) is 0 Å². The van der Waals surface area contributed by atoms with Crippen molar-refractivity contribution in [2.45, 2.75) is 24.3 Å². The van der Waals surface area contributed by atoms with Gasteiger partial charge in [-0.25, -0.2) is 0 Å². The highest BCUT2D eigenvalue weighted by atomic mass is 32.2. The van der Waals surface area contributed by atoms with Crippen molar-refractivity contribution < 1.29 is 15.0 Å². The smallest absolute Gasteiger partial charge is 0.176 e. The van der Waals surface area contributed by atoms with Gasteiger partial charge in [-0.1, -0.05) is 13.8 Å². The van der Waals surface area contributed by atoms with Crippen LogP contribution in [0.4, 0.5) is 0 Å². The number of hydrogen-bond donors (Lipinski definition) is 2. The van der Waals surface area contributed by atoms with E-state index in [-0.39, 0.29) is 17.3 Å². The number of carbonyl (C=O) groups is 1. The van der Waals surface area contributed by atoms with Gasteiger partial charge in [0.2, 0.25) is 0 Å². The van der Waals surface area contributed by atoms with Crippen molar-refractivity contribution in [3.05, 3.63) is 23.8 Å². The maximum atomic E-state index is 12.1. The van der Waals surface area contributed by atoms with Crippen molar-refractivity contribution in [3.8, 4) is 11.5 Å². The van der Waals surface area contributed by atoms with E-state index in [1.165, 1.54) is 12.1 Å². The molecule has 2 rings (SSSR count). The van der Waals surface area contributed by atoms with Gasteiger partial charge in [0.15, 0.2) is 17.3 Å². The van der Waals surface area contributed by atoms with Gasteiger partial charge >= 0.3 is 0 Å². The fourth-order valence-corrected chi connectivity index (χ4v) is 3.79. The van der Waals surface area contributed by atoms with E-state index >= 15 is 0 Å². The quantitative estimate of drug-likeness (QED) is 0.656. The summed E-state index contributed by atoms with van der Waals surface area (Å²) in [6, 6.07) is 4.21. The number of hydrogen-bond acceptors (Lipinski definition) is 5. The Labute approximate surface area is 117 Å². The minimum atomic E-state index is -0.248. The van der Waals surface area contributed by atoms with Crippen molar-refractivity contribution in [3.63, 3.8) is 0 Å². The molecule has 0 amide bonds. The van der Waals surface area contributed by atoms with Gasteiger partial charge in [-0.2, -0.15) is 11.8 Å². The van der Waals surface area contributed by atoms with Gasteiger partial charge in [0.1, 0.15) is 0 Å². The Balaban J connectivity index is 2.02. The largest absolute Gasteiger partial charge is 0.504 e. The maximum absolute atomic E-state index is 12.1. The molecule has 1 aromatic rings. The molecule has 0 aromatic heterocycles. The lowest BCUT2D eigenvalue weighted by molar-refractivity contribution is 0.0929. The lowest BCUT2D eigenvalue weighted by atomic mass is 10.1. The zero-order valence-corrected chi connectivity index (χ0v) is 12.0. The van der Waals surface area contributed by atoms with E-state index in [1.807, 2.05) is 11.8 Å². The van der Waals surface area contributed by atoms with Crippen molar-refractivity contribution in [1.29, 1.82) is 0 Å². The Morgan fingerprint density at radius 2 is 1.89 bits per heavy atom. The summed E-state index contributed by atoms with van der Waals surface area (Å²) >= 11 is 1.95. The van der Waals surface area contributed by atoms with E-state index in [1.54, 1.807) is 6.07 Å². The highest BCUT2D eigenvalue weighted by Crippen LogP contribution is 2.27. The first-order chi connectivity index (χ1) is 8.95. The fourth-order valence-electron chi connectivity index (χ4n) is 2.40. The molecule has 1 aliphatic rings. The number of rotatable bonds is 3. The normalized spacial score (nSPS) is 24.3. The Kier molecular flexibility index (Phi) is 4.37. The van der Waals surface area contributed by atoms with E-state index in [4.69, 9.17) is 0 Å².